The Morgan fingerprint density at radius 3 is 2.50 bits per heavy atom. The maximum atomic E-state index is 5.44. The Morgan fingerprint density at radius 1 is 1.15 bits per heavy atom. The second-order valence-corrected chi connectivity index (χ2v) is 6.36. The lowest BCUT2D eigenvalue weighted by Crippen LogP contribution is -2.19. The molecular weight excluding hydrogens is 334 g/mol. The molecule has 1 atom stereocenters. The number of thioether (sulfide) groups is 1. The van der Waals surface area contributed by atoms with Crippen molar-refractivity contribution in [1.29, 1.82) is 0 Å². The average molecular weight is 352 g/mol. The lowest BCUT2D eigenvalue weighted by atomic mass is 10.1. The maximum Gasteiger partial charge on any atom is 0.123 e. The standard InChI is InChI=1S/C16H18BrNOS/c1-18-15(14-5-3-4-6-16(14)19-2)11-20-13-9-7-12(17)8-10-13/h3-10,15,18H,11H2,1-2H3. The van der Waals surface area contributed by atoms with Gasteiger partial charge in [-0.2, -0.15) is 0 Å². The first-order valence-corrected chi connectivity index (χ1v) is 8.21. The second kappa shape index (κ2) is 7.72. The summed E-state index contributed by atoms with van der Waals surface area (Å²) < 4.78 is 6.55. The number of benzene rings is 2. The molecule has 0 radical (unpaired) electrons. The largest absolute Gasteiger partial charge is 0.496 e. The highest BCUT2D eigenvalue weighted by Crippen LogP contribution is 2.30. The summed E-state index contributed by atoms with van der Waals surface area (Å²) in [6.45, 7) is 0. The van der Waals surface area contributed by atoms with E-state index in [2.05, 4.69) is 51.6 Å². The van der Waals surface area contributed by atoms with Gasteiger partial charge in [-0.15, -0.1) is 11.8 Å². The van der Waals surface area contributed by atoms with Crippen molar-refractivity contribution in [1.82, 2.24) is 5.32 Å². The van der Waals surface area contributed by atoms with Gasteiger partial charge in [0.25, 0.3) is 0 Å². The van der Waals surface area contributed by atoms with Crippen molar-refractivity contribution in [2.24, 2.45) is 0 Å². The molecule has 0 aliphatic heterocycles. The highest BCUT2D eigenvalue weighted by Gasteiger charge is 2.14. The molecule has 106 valence electrons. The molecule has 2 rings (SSSR count). The van der Waals surface area contributed by atoms with Crippen molar-refractivity contribution in [3.8, 4) is 5.75 Å². The number of nitrogens with one attached hydrogen (secondary N) is 1. The summed E-state index contributed by atoms with van der Waals surface area (Å²) in [7, 11) is 3.70. The zero-order valence-electron chi connectivity index (χ0n) is 11.6. The molecule has 2 aromatic carbocycles. The molecule has 0 amide bonds. The fourth-order valence-corrected chi connectivity index (χ4v) is 3.29. The fourth-order valence-electron chi connectivity index (χ4n) is 1.99. The molecule has 4 heteroatoms. The third kappa shape index (κ3) is 4.01. The Kier molecular flexibility index (Phi) is 5.95. The Morgan fingerprint density at radius 2 is 1.85 bits per heavy atom. The van der Waals surface area contributed by atoms with Crippen LogP contribution in [0, 0.1) is 0 Å². The van der Waals surface area contributed by atoms with E-state index in [1.54, 1.807) is 7.11 Å². The molecule has 20 heavy (non-hydrogen) atoms. The number of hydrogen-bond acceptors (Lipinski definition) is 3. The number of halogens is 1. The van der Waals surface area contributed by atoms with Gasteiger partial charge in [0.05, 0.1) is 7.11 Å². The first-order valence-electron chi connectivity index (χ1n) is 6.43. The minimum absolute atomic E-state index is 0.264. The van der Waals surface area contributed by atoms with E-state index in [-0.39, 0.29) is 6.04 Å². The number of rotatable bonds is 6. The predicted molar refractivity (Wildman–Crippen MR) is 89.7 cm³/mol. The zero-order chi connectivity index (χ0) is 14.4. The maximum absolute atomic E-state index is 5.44. The predicted octanol–water partition coefficient (Wildman–Crippen LogP) is 4.51. The molecule has 2 aromatic rings. The molecule has 1 unspecified atom stereocenters. The summed E-state index contributed by atoms with van der Waals surface area (Å²) in [6.07, 6.45) is 0. The third-order valence-corrected chi connectivity index (χ3v) is 4.73. The van der Waals surface area contributed by atoms with Crippen LogP contribution < -0.4 is 10.1 Å². The van der Waals surface area contributed by atoms with Gasteiger partial charge in [0.15, 0.2) is 0 Å². The van der Waals surface area contributed by atoms with Crippen molar-refractivity contribution in [2.75, 3.05) is 19.9 Å². The number of ether oxygens (including phenoxy) is 1. The van der Waals surface area contributed by atoms with Crippen LogP contribution in [0.4, 0.5) is 0 Å². The minimum atomic E-state index is 0.264. The summed E-state index contributed by atoms with van der Waals surface area (Å²) in [5.41, 5.74) is 1.20. The van der Waals surface area contributed by atoms with Gasteiger partial charge >= 0.3 is 0 Å². The molecule has 0 fully saturated rings. The SMILES string of the molecule is CNC(CSc1ccc(Br)cc1)c1ccccc1OC. The van der Waals surface area contributed by atoms with Crippen LogP contribution >= 0.6 is 27.7 Å². The molecule has 2 nitrogen and oxygen atoms in total. The van der Waals surface area contributed by atoms with Crippen molar-refractivity contribution >= 4 is 27.7 Å². The molecule has 0 saturated carbocycles. The van der Waals surface area contributed by atoms with Crippen LogP contribution in [0.1, 0.15) is 11.6 Å². The van der Waals surface area contributed by atoms with Crippen LogP contribution in [0.15, 0.2) is 57.9 Å². The number of methoxy groups -OCH3 is 1. The minimum Gasteiger partial charge on any atom is -0.496 e. The first kappa shape index (κ1) is 15.4. The molecule has 0 spiro atoms. The highest BCUT2D eigenvalue weighted by atomic mass is 79.9. The Bertz CT molecular complexity index is 544. The van der Waals surface area contributed by atoms with E-state index < -0.39 is 0 Å². The lowest BCUT2D eigenvalue weighted by Gasteiger charge is -2.19. The third-order valence-electron chi connectivity index (χ3n) is 3.09. The molecule has 0 aliphatic rings. The van der Waals surface area contributed by atoms with Crippen LogP contribution in [-0.2, 0) is 0 Å². The average Bonchev–Trinajstić information content (AvgIpc) is 2.50. The van der Waals surface area contributed by atoms with E-state index >= 15 is 0 Å². The molecule has 0 aromatic heterocycles. The Labute approximate surface area is 133 Å². The van der Waals surface area contributed by atoms with Crippen molar-refractivity contribution in [3.63, 3.8) is 0 Å². The van der Waals surface area contributed by atoms with Crippen LogP contribution in [0.2, 0.25) is 0 Å². The first-order chi connectivity index (χ1) is 9.74. The second-order valence-electron chi connectivity index (χ2n) is 4.35. The molecule has 0 aliphatic carbocycles. The monoisotopic (exact) mass is 351 g/mol. The highest BCUT2D eigenvalue weighted by molar-refractivity contribution is 9.10. The zero-order valence-corrected chi connectivity index (χ0v) is 14.0. The summed E-state index contributed by atoms with van der Waals surface area (Å²) in [6, 6.07) is 16.8. The van der Waals surface area contributed by atoms with E-state index in [9.17, 15) is 0 Å². The van der Waals surface area contributed by atoms with Crippen LogP contribution in [-0.4, -0.2) is 19.9 Å². The fraction of sp³-hybridized carbons (Fsp3) is 0.250. The van der Waals surface area contributed by atoms with E-state index in [0.717, 1.165) is 16.0 Å². The molecular formula is C16H18BrNOS. The number of hydrogen-bond donors (Lipinski definition) is 1. The van der Waals surface area contributed by atoms with Crippen LogP contribution in [0.25, 0.3) is 0 Å². The van der Waals surface area contributed by atoms with E-state index in [4.69, 9.17) is 4.74 Å². The van der Waals surface area contributed by atoms with Crippen LogP contribution in [0.5, 0.6) is 5.75 Å². The van der Waals surface area contributed by atoms with Gasteiger partial charge in [-0.05, 0) is 37.4 Å². The van der Waals surface area contributed by atoms with E-state index in [1.165, 1.54) is 10.5 Å². The summed E-state index contributed by atoms with van der Waals surface area (Å²) in [4.78, 5) is 1.27. The Hall–Kier alpha value is -0.970. The molecule has 1 N–H and O–H groups in total. The van der Waals surface area contributed by atoms with Gasteiger partial charge in [-0.25, -0.2) is 0 Å². The quantitative estimate of drug-likeness (QED) is 0.773. The Balaban J connectivity index is 2.07. The van der Waals surface area contributed by atoms with Crippen molar-refractivity contribution < 1.29 is 4.74 Å². The van der Waals surface area contributed by atoms with Gasteiger partial charge in [-0.3, -0.25) is 0 Å². The summed E-state index contributed by atoms with van der Waals surface area (Å²) in [5, 5.41) is 3.36. The van der Waals surface area contributed by atoms with Gasteiger partial charge in [0.1, 0.15) is 5.75 Å². The van der Waals surface area contributed by atoms with E-state index in [0.29, 0.717) is 0 Å². The van der Waals surface area contributed by atoms with Crippen LogP contribution in [0.3, 0.4) is 0 Å². The molecule has 0 bridgehead atoms. The number of para-hydroxylation sites is 1. The normalized spacial score (nSPS) is 12.2. The topological polar surface area (TPSA) is 21.3 Å². The van der Waals surface area contributed by atoms with Gasteiger partial charge in [-0.1, -0.05) is 34.1 Å². The molecule has 0 heterocycles. The van der Waals surface area contributed by atoms with Gasteiger partial charge in [0, 0.05) is 26.7 Å². The van der Waals surface area contributed by atoms with Crippen molar-refractivity contribution in [3.05, 3.63) is 58.6 Å². The summed E-state index contributed by atoms with van der Waals surface area (Å²) >= 11 is 5.29. The lowest BCUT2D eigenvalue weighted by molar-refractivity contribution is 0.404. The van der Waals surface area contributed by atoms with Crippen molar-refractivity contribution in [2.45, 2.75) is 10.9 Å². The molecule has 0 saturated heterocycles. The van der Waals surface area contributed by atoms with E-state index in [1.807, 2.05) is 37.0 Å². The smallest absolute Gasteiger partial charge is 0.123 e. The summed E-state index contributed by atoms with van der Waals surface area (Å²) in [5.74, 6) is 1.89. The van der Waals surface area contributed by atoms with Gasteiger partial charge < -0.3 is 10.1 Å². The van der Waals surface area contributed by atoms with Gasteiger partial charge in [0.2, 0.25) is 0 Å².